The second-order valence-electron chi connectivity index (χ2n) is 9.99. The van der Waals surface area contributed by atoms with E-state index in [1.54, 1.807) is 6.33 Å². The highest BCUT2D eigenvalue weighted by molar-refractivity contribution is 6.76. The van der Waals surface area contributed by atoms with Crippen molar-refractivity contribution in [2.75, 3.05) is 13.2 Å². The lowest BCUT2D eigenvalue weighted by Gasteiger charge is -2.28. The maximum absolute atomic E-state index is 9.17. The van der Waals surface area contributed by atoms with Crippen molar-refractivity contribution in [1.29, 1.82) is 0 Å². The summed E-state index contributed by atoms with van der Waals surface area (Å²) >= 11 is 0. The maximum atomic E-state index is 9.17. The molecule has 3 aromatic heterocycles. The second kappa shape index (κ2) is 9.63. The van der Waals surface area contributed by atoms with E-state index in [9.17, 15) is 5.11 Å². The van der Waals surface area contributed by atoms with Crippen molar-refractivity contribution in [3.8, 4) is 11.3 Å². The number of ether oxygens (including phenoxy) is 1. The van der Waals surface area contributed by atoms with Crippen molar-refractivity contribution in [2.45, 2.75) is 70.6 Å². The van der Waals surface area contributed by atoms with Crippen molar-refractivity contribution >= 4 is 19.1 Å². The largest absolute Gasteiger partial charge is 0.396 e. The molecule has 168 valence electrons. The van der Waals surface area contributed by atoms with E-state index in [4.69, 9.17) is 4.74 Å². The van der Waals surface area contributed by atoms with E-state index >= 15 is 0 Å². The standard InChI is InChI=1S/C23H35N5O2Si/c1-31(2,3)13-12-30-17-27-10-8-21-22(24-16-25-23(21)27)19-14-26-28(15-19)20-6-4-18(5-7-20)9-11-29/h8,10,14-16,18,20,29H,4-7,9,11-13,17H2,1-3H3/t18-,20+. The maximum Gasteiger partial charge on any atom is 0.145 e. The Morgan fingerprint density at radius 1 is 1.16 bits per heavy atom. The fourth-order valence-corrected chi connectivity index (χ4v) is 5.18. The van der Waals surface area contributed by atoms with E-state index in [1.807, 2.05) is 12.4 Å². The molecule has 1 aliphatic rings. The molecule has 0 saturated heterocycles. The van der Waals surface area contributed by atoms with Gasteiger partial charge >= 0.3 is 0 Å². The summed E-state index contributed by atoms with van der Waals surface area (Å²) in [5.41, 5.74) is 2.85. The minimum atomic E-state index is -1.09. The first-order chi connectivity index (χ1) is 14.9. The van der Waals surface area contributed by atoms with Gasteiger partial charge in [0.1, 0.15) is 18.7 Å². The molecule has 31 heavy (non-hydrogen) atoms. The van der Waals surface area contributed by atoms with Gasteiger partial charge in [-0.3, -0.25) is 4.68 Å². The highest BCUT2D eigenvalue weighted by Crippen LogP contribution is 2.34. The topological polar surface area (TPSA) is 78.0 Å². The average Bonchev–Trinajstić information content (AvgIpc) is 3.39. The lowest BCUT2D eigenvalue weighted by Crippen LogP contribution is -2.22. The molecule has 1 fully saturated rings. The minimum absolute atomic E-state index is 0.300. The van der Waals surface area contributed by atoms with E-state index in [-0.39, 0.29) is 0 Å². The Hall–Kier alpha value is -2.03. The summed E-state index contributed by atoms with van der Waals surface area (Å²) in [7, 11) is -1.09. The first-order valence-corrected chi connectivity index (χ1v) is 15.2. The molecular formula is C23H35N5O2Si. The summed E-state index contributed by atoms with van der Waals surface area (Å²) in [6.45, 7) is 8.70. The summed E-state index contributed by atoms with van der Waals surface area (Å²) in [5.74, 6) is 0.658. The quantitative estimate of drug-likeness (QED) is 0.384. The van der Waals surface area contributed by atoms with Crippen LogP contribution in [0.1, 0.15) is 38.1 Å². The third-order valence-electron chi connectivity index (χ3n) is 6.39. The van der Waals surface area contributed by atoms with Crippen LogP contribution in [0.3, 0.4) is 0 Å². The third-order valence-corrected chi connectivity index (χ3v) is 8.09. The summed E-state index contributed by atoms with van der Waals surface area (Å²) in [5, 5.41) is 14.9. The first-order valence-electron chi connectivity index (χ1n) is 11.5. The highest BCUT2D eigenvalue weighted by atomic mass is 28.3. The van der Waals surface area contributed by atoms with Gasteiger partial charge in [-0.25, -0.2) is 9.97 Å². The van der Waals surface area contributed by atoms with Crippen molar-refractivity contribution in [3.63, 3.8) is 0 Å². The number of fused-ring (bicyclic) bond motifs is 1. The number of aliphatic hydroxyl groups is 1. The minimum Gasteiger partial charge on any atom is -0.396 e. The second-order valence-corrected chi connectivity index (χ2v) is 15.6. The average molecular weight is 442 g/mol. The molecule has 0 atom stereocenters. The van der Waals surface area contributed by atoms with Gasteiger partial charge < -0.3 is 14.4 Å². The Labute approximate surface area is 185 Å². The Kier molecular flexibility index (Phi) is 6.88. The lowest BCUT2D eigenvalue weighted by atomic mass is 9.84. The zero-order chi connectivity index (χ0) is 21.8. The molecule has 0 aliphatic heterocycles. The van der Waals surface area contributed by atoms with Crippen LogP contribution in [0.4, 0.5) is 0 Å². The predicted molar refractivity (Wildman–Crippen MR) is 126 cm³/mol. The molecule has 3 aromatic rings. The molecule has 8 heteroatoms. The van der Waals surface area contributed by atoms with Crippen LogP contribution in [0.2, 0.25) is 25.7 Å². The van der Waals surface area contributed by atoms with Gasteiger partial charge in [0.25, 0.3) is 0 Å². The molecule has 0 radical (unpaired) electrons. The van der Waals surface area contributed by atoms with Gasteiger partial charge in [0.2, 0.25) is 0 Å². The molecule has 1 saturated carbocycles. The summed E-state index contributed by atoms with van der Waals surface area (Å²) in [6.07, 6.45) is 13.2. The van der Waals surface area contributed by atoms with Gasteiger partial charge in [0.05, 0.1) is 17.9 Å². The van der Waals surface area contributed by atoms with Crippen molar-refractivity contribution < 1.29 is 9.84 Å². The summed E-state index contributed by atoms with van der Waals surface area (Å²) in [6, 6.07) is 3.67. The van der Waals surface area contributed by atoms with Gasteiger partial charge in [0.15, 0.2) is 0 Å². The van der Waals surface area contributed by atoms with Crippen LogP contribution in [0.25, 0.3) is 22.3 Å². The molecule has 3 heterocycles. The van der Waals surface area contributed by atoms with Gasteiger partial charge in [0, 0.05) is 44.6 Å². The Morgan fingerprint density at radius 3 is 2.71 bits per heavy atom. The Bertz CT molecular complexity index is 985. The van der Waals surface area contributed by atoms with Gasteiger partial charge in [-0.1, -0.05) is 19.6 Å². The zero-order valence-corrected chi connectivity index (χ0v) is 20.0. The van der Waals surface area contributed by atoms with Crippen molar-refractivity contribution in [3.05, 3.63) is 31.0 Å². The first kappa shape index (κ1) is 22.2. The molecule has 1 N–H and O–H groups in total. The van der Waals surface area contributed by atoms with Crippen LogP contribution < -0.4 is 0 Å². The van der Waals surface area contributed by atoms with Crippen LogP contribution in [-0.2, 0) is 11.5 Å². The monoisotopic (exact) mass is 441 g/mol. The molecule has 0 aromatic carbocycles. The molecule has 7 nitrogen and oxygen atoms in total. The SMILES string of the molecule is C[Si](C)(C)CCOCn1ccc2c(-c3cnn([C@H]4CC[C@@H](CCO)CC4)c3)ncnc21. The van der Waals surface area contributed by atoms with Gasteiger partial charge in [-0.2, -0.15) is 5.10 Å². The van der Waals surface area contributed by atoms with Gasteiger partial charge in [-0.05, 0) is 50.1 Å². The Morgan fingerprint density at radius 2 is 1.97 bits per heavy atom. The van der Waals surface area contributed by atoms with Crippen LogP contribution in [0, 0.1) is 5.92 Å². The number of rotatable bonds is 9. The van der Waals surface area contributed by atoms with E-state index in [0.29, 0.717) is 25.3 Å². The predicted octanol–water partition coefficient (Wildman–Crippen LogP) is 4.72. The lowest BCUT2D eigenvalue weighted by molar-refractivity contribution is 0.0899. The van der Waals surface area contributed by atoms with E-state index in [2.05, 4.69) is 56.2 Å². The van der Waals surface area contributed by atoms with E-state index in [0.717, 1.165) is 54.2 Å². The fourth-order valence-electron chi connectivity index (χ4n) is 4.42. The van der Waals surface area contributed by atoms with Crippen LogP contribution >= 0.6 is 0 Å². The normalized spacial score (nSPS) is 19.9. The smallest absolute Gasteiger partial charge is 0.145 e. The molecule has 0 spiro atoms. The summed E-state index contributed by atoms with van der Waals surface area (Å²) in [4.78, 5) is 9.08. The molecule has 4 rings (SSSR count). The number of hydrogen-bond donors (Lipinski definition) is 1. The van der Waals surface area contributed by atoms with E-state index < -0.39 is 8.07 Å². The van der Waals surface area contributed by atoms with Crippen molar-refractivity contribution in [1.82, 2.24) is 24.3 Å². The summed E-state index contributed by atoms with van der Waals surface area (Å²) < 4.78 is 10.1. The number of aromatic nitrogens is 5. The zero-order valence-electron chi connectivity index (χ0n) is 19.0. The fraction of sp³-hybridized carbons (Fsp3) is 0.609. The van der Waals surface area contributed by atoms with Crippen LogP contribution in [-0.4, -0.2) is 50.7 Å². The number of nitrogens with zero attached hydrogens (tertiary/aromatic N) is 5. The number of hydrogen-bond acceptors (Lipinski definition) is 5. The number of aliphatic hydroxyl groups excluding tert-OH is 1. The van der Waals surface area contributed by atoms with Crippen LogP contribution in [0.15, 0.2) is 31.0 Å². The van der Waals surface area contributed by atoms with E-state index in [1.165, 1.54) is 12.8 Å². The molecular weight excluding hydrogens is 406 g/mol. The van der Waals surface area contributed by atoms with Crippen LogP contribution in [0.5, 0.6) is 0 Å². The molecule has 0 unspecified atom stereocenters. The molecule has 1 aliphatic carbocycles. The third kappa shape index (κ3) is 5.42. The van der Waals surface area contributed by atoms with Gasteiger partial charge in [-0.15, -0.1) is 0 Å². The Balaban J connectivity index is 1.45. The molecule has 0 bridgehead atoms. The highest BCUT2D eigenvalue weighted by Gasteiger charge is 2.23. The molecule has 0 amide bonds. The van der Waals surface area contributed by atoms with Crippen molar-refractivity contribution in [2.24, 2.45) is 5.92 Å².